The summed E-state index contributed by atoms with van der Waals surface area (Å²) in [7, 11) is 1.96. The third-order valence-corrected chi connectivity index (χ3v) is 3.22. The van der Waals surface area contributed by atoms with Gasteiger partial charge in [-0.25, -0.2) is 9.97 Å². The summed E-state index contributed by atoms with van der Waals surface area (Å²) in [6.45, 7) is 2.30. The van der Waals surface area contributed by atoms with Crippen LogP contribution >= 0.6 is 0 Å². The molecule has 3 rings (SSSR count). The Kier molecular flexibility index (Phi) is 2.61. The van der Waals surface area contributed by atoms with Gasteiger partial charge in [0.25, 0.3) is 0 Å². The molecule has 4 heteroatoms. The van der Waals surface area contributed by atoms with Gasteiger partial charge in [0.2, 0.25) is 0 Å². The average Bonchev–Trinajstić information content (AvgIpc) is 3.13. The summed E-state index contributed by atoms with van der Waals surface area (Å²) in [6.07, 6.45) is 3.45. The molecule has 16 heavy (non-hydrogen) atoms. The first-order valence-electron chi connectivity index (χ1n) is 5.99. The van der Waals surface area contributed by atoms with E-state index in [0.717, 1.165) is 31.1 Å². The van der Waals surface area contributed by atoms with Gasteiger partial charge < -0.3 is 10.1 Å². The zero-order valence-electron chi connectivity index (χ0n) is 9.62. The van der Waals surface area contributed by atoms with Crippen molar-refractivity contribution >= 4 is 0 Å². The van der Waals surface area contributed by atoms with Crippen LogP contribution in [-0.4, -0.2) is 23.6 Å². The highest BCUT2D eigenvalue weighted by Gasteiger charge is 2.29. The molecular formula is C12H17N3O. The predicted octanol–water partition coefficient (Wildman–Crippen LogP) is 1.15. The van der Waals surface area contributed by atoms with E-state index in [1.165, 1.54) is 24.1 Å². The van der Waals surface area contributed by atoms with Crippen LogP contribution in [0.5, 0.6) is 0 Å². The molecule has 2 heterocycles. The number of rotatable bonds is 3. The van der Waals surface area contributed by atoms with Crippen LogP contribution in [0.15, 0.2) is 0 Å². The summed E-state index contributed by atoms with van der Waals surface area (Å²) < 4.78 is 5.47. The fourth-order valence-corrected chi connectivity index (χ4v) is 2.19. The summed E-state index contributed by atoms with van der Waals surface area (Å²) in [4.78, 5) is 9.36. The number of fused-ring (bicyclic) bond motifs is 1. The fourth-order valence-electron chi connectivity index (χ4n) is 2.19. The summed E-state index contributed by atoms with van der Waals surface area (Å²) in [5.41, 5.74) is 3.61. The maximum Gasteiger partial charge on any atom is 0.132 e. The molecule has 1 aromatic rings. The SMILES string of the molecule is CNCc1nc(C2CC2)nc2c1CCOC2. The molecule has 0 aromatic carbocycles. The second-order valence-corrected chi connectivity index (χ2v) is 4.56. The topological polar surface area (TPSA) is 47.0 Å². The van der Waals surface area contributed by atoms with Gasteiger partial charge >= 0.3 is 0 Å². The first-order valence-corrected chi connectivity index (χ1v) is 5.99. The van der Waals surface area contributed by atoms with E-state index in [2.05, 4.69) is 10.3 Å². The molecule has 0 amide bonds. The molecule has 1 aliphatic carbocycles. The Bertz CT molecular complexity index is 401. The second kappa shape index (κ2) is 4.11. The van der Waals surface area contributed by atoms with Gasteiger partial charge in [-0.15, -0.1) is 0 Å². The van der Waals surface area contributed by atoms with Crippen molar-refractivity contribution in [3.8, 4) is 0 Å². The van der Waals surface area contributed by atoms with E-state index < -0.39 is 0 Å². The van der Waals surface area contributed by atoms with Crippen LogP contribution in [0.25, 0.3) is 0 Å². The van der Waals surface area contributed by atoms with E-state index in [1.807, 2.05) is 7.05 Å². The van der Waals surface area contributed by atoms with E-state index in [-0.39, 0.29) is 0 Å². The highest BCUT2D eigenvalue weighted by molar-refractivity contribution is 5.29. The van der Waals surface area contributed by atoms with Crippen LogP contribution in [0.4, 0.5) is 0 Å². The van der Waals surface area contributed by atoms with Crippen molar-refractivity contribution in [2.45, 2.75) is 38.3 Å². The molecule has 1 fully saturated rings. The summed E-state index contributed by atoms with van der Waals surface area (Å²) >= 11 is 0. The summed E-state index contributed by atoms with van der Waals surface area (Å²) in [5.74, 6) is 1.65. The Balaban J connectivity index is 2.01. The van der Waals surface area contributed by atoms with E-state index in [4.69, 9.17) is 9.72 Å². The first-order chi connectivity index (χ1) is 7.88. The molecule has 1 aliphatic heterocycles. The van der Waals surface area contributed by atoms with Gasteiger partial charge in [-0.1, -0.05) is 0 Å². The van der Waals surface area contributed by atoms with Gasteiger partial charge in [-0.05, 0) is 26.3 Å². The molecule has 4 nitrogen and oxygen atoms in total. The Morgan fingerprint density at radius 3 is 3.00 bits per heavy atom. The number of aromatic nitrogens is 2. The first kappa shape index (κ1) is 10.2. The number of nitrogens with zero attached hydrogens (tertiary/aromatic N) is 2. The van der Waals surface area contributed by atoms with Crippen LogP contribution in [0, 0.1) is 0 Å². The van der Waals surface area contributed by atoms with Crippen molar-refractivity contribution in [2.24, 2.45) is 0 Å². The fraction of sp³-hybridized carbons (Fsp3) is 0.667. The number of hydrogen-bond acceptors (Lipinski definition) is 4. The Morgan fingerprint density at radius 1 is 1.38 bits per heavy atom. The van der Waals surface area contributed by atoms with Crippen molar-refractivity contribution < 1.29 is 4.74 Å². The minimum atomic E-state index is 0.614. The third kappa shape index (κ3) is 1.83. The van der Waals surface area contributed by atoms with Gasteiger partial charge in [0.05, 0.1) is 24.6 Å². The molecule has 86 valence electrons. The summed E-state index contributed by atoms with van der Waals surface area (Å²) in [6, 6.07) is 0. The molecule has 1 aromatic heterocycles. The lowest BCUT2D eigenvalue weighted by Crippen LogP contribution is -2.20. The maximum absolute atomic E-state index is 5.47. The van der Waals surface area contributed by atoms with E-state index in [1.54, 1.807) is 0 Å². The standard InChI is InChI=1S/C12H17N3O/c1-13-6-10-9-4-5-16-7-11(9)15-12(14-10)8-2-3-8/h8,13H,2-7H2,1H3. The smallest absolute Gasteiger partial charge is 0.132 e. The van der Waals surface area contributed by atoms with Crippen molar-refractivity contribution in [3.63, 3.8) is 0 Å². The summed E-state index contributed by atoms with van der Waals surface area (Å²) in [5, 5.41) is 3.19. The van der Waals surface area contributed by atoms with Crippen LogP contribution in [0.1, 0.15) is 41.5 Å². The lowest BCUT2D eigenvalue weighted by molar-refractivity contribution is 0.106. The van der Waals surface area contributed by atoms with Crippen molar-refractivity contribution in [3.05, 3.63) is 22.8 Å². The largest absolute Gasteiger partial charge is 0.375 e. The lowest BCUT2D eigenvalue weighted by atomic mass is 10.1. The normalized spacial score (nSPS) is 19.6. The Morgan fingerprint density at radius 2 is 2.25 bits per heavy atom. The monoisotopic (exact) mass is 219 g/mol. The van der Waals surface area contributed by atoms with Crippen LogP contribution < -0.4 is 5.32 Å². The quantitative estimate of drug-likeness (QED) is 0.828. The highest BCUT2D eigenvalue weighted by atomic mass is 16.5. The molecule has 1 N–H and O–H groups in total. The second-order valence-electron chi connectivity index (χ2n) is 4.56. The van der Waals surface area contributed by atoms with E-state index >= 15 is 0 Å². The van der Waals surface area contributed by atoms with Crippen LogP contribution in [0.2, 0.25) is 0 Å². The molecule has 0 radical (unpaired) electrons. The van der Waals surface area contributed by atoms with Gasteiger partial charge in [0.1, 0.15) is 5.82 Å². The molecule has 0 spiro atoms. The zero-order chi connectivity index (χ0) is 11.0. The Hall–Kier alpha value is -1.00. The zero-order valence-corrected chi connectivity index (χ0v) is 9.62. The van der Waals surface area contributed by atoms with Gasteiger partial charge in [-0.3, -0.25) is 0 Å². The predicted molar refractivity (Wildman–Crippen MR) is 60.1 cm³/mol. The van der Waals surface area contributed by atoms with Crippen LogP contribution in [-0.2, 0) is 24.3 Å². The minimum Gasteiger partial charge on any atom is -0.375 e. The van der Waals surface area contributed by atoms with Crippen molar-refractivity contribution in [1.82, 2.24) is 15.3 Å². The lowest BCUT2D eigenvalue weighted by Gasteiger charge is -2.19. The van der Waals surface area contributed by atoms with Gasteiger partial charge in [0, 0.05) is 18.0 Å². The highest BCUT2D eigenvalue weighted by Crippen LogP contribution is 2.38. The molecule has 0 unspecified atom stereocenters. The van der Waals surface area contributed by atoms with Gasteiger partial charge in [0.15, 0.2) is 0 Å². The molecule has 1 saturated carbocycles. The maximum atomic E-state index is 5.47. The molecule has 2 aliphatic rings. The molecule has 0 bridgehead atoms. The molecule has 0 saturated heterocycles. The van der Waals surface area contributed by atoms with E-state index in [0.29, 0.717) is 12.5 Å². The molecular weight excluding hydrogens is 202 g/mol. The van der Waals surface area contributed by atoms with Crippen molar-refractivity contribution in [1.29, 1.82) is 0 Å². The van der Waals surface area contributed by atoms with E-state index in [9.17, 15) is 0 Å². The minimum absolute atomic E-state index is 0.614. The Labute approximate surface area is 95.4 Å². The van der Waals surface area contributed by atoms with Crippen LogP contribution in [0.3, 0.4) is 0 Å². The number of hydrogen-bond donors (Lipinski definition) is 1. The molecule has 0 atom stereocenters. The number of ether oxygens (including phenoxy) is 1. The number of nitrogens with one attached hydrogen (secondary N) is 1. The third-order valence-electron chi connectivity index (χ3n) is 3.22. The average molecular weight is 219 g/mol. The van der Waals surface area contributed by atoms with Crippen molar-refractivity contribution in [2.75, 3.05) is 13.7 Å². The van der Waals surface area contributed by atoms with Gasteiger partial charge in [-0.2, -0.15) is 0 Å².